The number of nitrogens with two attached hydrogens (primary N) is 1. The van der Waals surface area contributed by atoms with Gasteiger partial charge in [0.2, 0.25) is 0 Å². The number of aryl methyl sites for hydroxylation is 1. The molecule has 0 aliphatic rings. The number of rotatable bonds is 4. The maximum atomic E-state index is 6.01. The second kappa shape index (κ2) is 5.69. The van der Waals surface area contributed by atoms with E-state index in [4.69, 9.17) is 17.3 Å². The van der Waals surface area contributed by atoms with E-state index in [2.05, 4.69) is 16.9 Å². The highest BCUT2D eigenvalue weighted by Crippen LogP contribution is 2.21. The molecular weight excluding hydrogens is 266 g/mol. The van der Waals surface area contributed by atoms with Gasteiger partial charge >= 0.3 is 0 Å². The van der Waals surface area contributed by atoms with Gasteiger partial charge in [0.25, 0.3) is 0 Å². The molecule has 18 heavy (non-hydrogen) atoms. The fourth-order valence-electron chi connectivity index (χ4n) is 1.76. The smallest absolute Gasteiger partial charge is 0.0798 e. The normalized spacial score (nSPS) is 11.1. The maximum Gasteiger partial charge on any atom is 0.0798 e. The summed E-state index contributed by atoms with van der Waals surface area (Å²) < 4.78 is 0. The minimum Gasteiger partial charge on any atom is -0.398 e. The molecule has 2 N–H and O–H groups in total. The first kappa shape index (κ1) is 13.3. The molecule has 1 aromatic carbocycles. The Balaban J connectivity index is 2.01. The van der Waals surface area contributed by atoms with Gasteiger partial charge in [-0.15, -0.1) is 11.3 Å². The van der Waals surface area contributed by atoms with Crippen molar-refractivity contribution in [3.63, 3.8) is 0 Å². The summed E-state index contributed by atoms with van der Waals surface area (Å²) in [5.41, 5.74) is 10.5. The minimum absolute atomic E-state index is 0.620. The molecule has 0 aliphatic carbocycles. The minimum atomic E-state index is 0.620. The number of hydrogen-bond donors (Lipinski definition) is 1. The third-order valence-corrected chi connectivity index (χ3v) is 4.02. The highest BCUT2D eigenvalue weighted by molar-refractivity contribution is 7.09. The molecule has 2 rings (SSSR count). The summed E-state index contributed by atoms with van der Waals surface area (Å²) >= 11 is 7.71. The molecule has 5 heteroatoms. The van der Waals surface area contributed by atoms with Crippen LogP contribution in [0.1, 0.15) is 16.1 Å². The monoisotopic (exact) mass is 281 g/mol. The van der Waals surface area contributed by atoms with Gasteiger partial charge in [0.1, 0.15) is 0 Å². The zero-order valence-corrected chi connectivity index (χ0v) is 12.1. The van der Waals surface area contributed by atoms with Crippen molar-refractivity contribution in [3.8, 4) is 0 Å². The van der Waals surface area contributed by atoms with Gasteiger partial charge in [-0.3, -0.25) is 4.90 Å². The third-order valence-electron chi connectivity index (χ3n) is 2.78. The van der Waals surface area contributed by atoms with E-state index in [9.17, 15) is 0 Å². The molecule has 0 unspecified atom stereocenters. The van der Waals surface area contributed by atoms with E-state index < -0.39 is 0 Å². The summed E-state index contributed by atoms with van der Waals surface area (Å²) in [5, 5.41) is 0.620. The number of halogens is 1. The van der Waals surface area contributed by atoms with Crippen molar-refractivity contribution in [2.75, 3.05) is 12.8 Å². The lowest BCUT2D eigenvalue weighted by Crippen LogP contribution is -2.17. The lowest BCUT2D eigenvalue weighted by atomic mass is 10.2. The van der Waals surface area contributed by atoms with Crippen molar-refractivity contribution in [1.29, 1.82) is 0 Å². The molecule has 0 aliphatic heterocycles. The lowest BCUT2D eigenvalue weighted by molar-refractivity contribution is 0.321. The summed E-state index contributed by atoms with van der Waals surface area (Å²) in [4.78, 5) is 7.80. The Morgan fingerprint density at radius 1 is 1.39 bits per heavy atom. The topological polar surface area (TPSA) is 42.2 Å². The SMILES string of the molecule is Cc1ncsc1CN(C)Cc1ccc(N)c(Cl)c1. The summed E-state index contributed by atoms with van der Waals surface area (Å²) in [6.07, 6.45) is 0. The molecule has 0 fully saturated rings. The molecule has 3 nitrogen and oxygen atoms in total. The molecular formula is C13H16ClN3S. The Morgan fingerprint density at radius 2 is 2.17 bits per heavy atom. The Hall–Kier alpha value is -1.10. The van der Waals surface area contributed by atoms with E-state index in [0.29, 0.717) is 10.7 Å². The maximum absolute atomic E-state index is 6.01. The number of thiazole rings is 1. The average molecular weight is 282 g/mol. The van der Waals surface area contributed by atoms with Gasteiger partial charge in [-0.2, -0.15) is 0 Å². The molecule has 0 atom stereocenters. The lowest BCUT2D eigenvalue weighted by Gasteiger charge is -2.16. The predicted molar refractivity (Wildman–Crippen MR) is 77.9 cm³/mol. The molecule has 1 aromatic heterocycles. The third kappa shape index (κ3) is 3.22. The van der Waals surface area contributed by atoms with Crippen molar-refractivity contribution in [2.45, 2.75) is 20.0 Å². The molecule has 0 bridgehead atoms. The first-order chi connectivity index (χ1) is 8.56. The van der Waals surface area contributed by atoms with E-state index in [1.165, 1.54) is 10.4 Å². The van der Waals surface area contributed by atoms with Gasteiger partial charge in [-0.25, -0.2) is 4.98 Å². The molecule has 0 spiro atoms. The van der Waals surface area contributed by atoms with Crippen LogP contribution in [-0.2, 0) is 13.1 Å². The summed E-state index contributed by atoms with van der Waals surface area (Å²) in [7, 11) is 2.09. The summed E-state index contributed by atoms with van der Waals surface area (Å²) in [6.45, 7) is 3.79. The van der Waals surface area contributed by atoms with E-state index >= 15 is 0 Å². The van der Waals surface area contributed by atoms with Crippen molar-refractivity contribution in [1.82, 2.24) is 9.88 Å². The van der Waals surface area contributed by atoms with E-state index in [-0.39, 0.29) is 0 Å². The molecule has 0 saturated heterocycles. The number of anilines is 1. The van der Waals surface area contributed by atoms with Crippen LogP contribution in [0.2, 0.25) is 5.02 Å². The van der Waals surface area contributed by atoms with Gasteiger partial charge < -0.3 is 5.73 Å². The Kier molecular flexibility index (Phi) is 4.22. The largest absolute Gasteiger partial charge is 0.398 e. The van der Waals surface area contributed by atoms with Gasteiger partial charge in [-0.1, -0.05) is 17.7 Å². The standard InChI is InChI=1S/C13H16ClN3S/c1-9-13(18-8-16-9)7-17(2)6-10-3-4-12(15)11(14)5-10/h3-5,8H,6-7,15H2,1-2H3. The zero-order chi connectivity index (χ0) is 13.1. The van der Waals surface area contributed by atoms with Crippen LogP contribution in [0.3, 0.4) is 0 Å². The fourth-order valence-corrected chi connectivity index (χ4v) is 2.82. The highest BCUT2D eigenvalue weighted by Gasteiger charge is 2.07. The van der Waals surface area contributed by atoms with Gasteiger partial charge in [0.15, 0.2) is 0 Å². The van der Waals surface area contributed by atoms with Crippen LogP contribution in [0.25, 0.3) is 0 Å². The first-order valence-corrected chi connectivity index (χ1v) is 6.93. The second-order valence-electron chi connectivity index (χ2n) is 4.39. The molecule has 0 saturated carbocycles. The van der Waals surface area contributed by atoms with Crippen molar-refractivity contribution in [2.24, 2.45) is 0 Å². The highest BCUT2D eigenvalue weighted by atomic mass is 35.5. The summed E-state index contributed by atoms with van der Waals surface area (Å²) in [5.74, 6) is 0. The van der Waals surface area contributed by atoms with Gasteiger partial charge in [0, 0.05) is 18.0 Å². The quantitative estimate of drug-likeness (QED) is 0.874. The van der Waals surface area contributed by atoms with Crippen LogP contribution in [0.15, 0.2) is 23.7 Å². The predicted octanol–water partition coefficient (Wildman–Crippen LogP) is 3.32. The van der Waals surface area contributed by atoms with Crippen LogP contribution in [0.5, 0.6) is 0 Å². The summed E-state index contributed by atoms with van der Waals surface area (Å²) in [6, 6.07) is 5.79. The van der Waals surface area contributed by atoms with E-state index in [0.717, 1.165) is 18.8 Å². The second-order valence-corrected chi connectivity index (χ2v) is 5.74. The van der Waals surface area contributed by atoms with Crippen molar-refractivity contribution < 1.29 is 0 Å². The number of nitrogens with zero attached hydrogens (tertiary/aromatic N) is 2. The number of benzene rings is 1. The van der Waals surface area contributed by atoms with Crippen molar-refractivity contribution >= 4 is 28.6 Å². The number of nitrogen functional groups attached to an aromatic ring is 1. The average Bonchev–Trinajstić information content (AvgIpc) is 2.70. The van der Waals surface area contributed by atoms with E-state index in [1.807, 2.05) is 30.6 Å². The van der Waals surface area contributed by atoms with Gasteiger partial charge in [-0.05, 0) is 31.7 Å². The molecule has 2 aromatic rings. The van der Waals surface area contributed by atoms with Gasteiger partial charge in [0.05, 0.1) is 21.9 Å². The van der Waals surface area contributed by atoms with Crippen LogP contribution in [0.4, 0.5) is 5.69 Å². The fraction of sp³-hybridized carbons (Fsp3) is 0.308. The first-order valence-electron chi connectivity index (χ1n) is 5.67. The number of hydrogen-bond acceptors (Lipinski definition) is 4. The van der Waals surface area contributed by atoms with Crippen LogP contribution < -0.4 is 5.73 Å². The Labute approximate surface area is 116 Å². The number of aromatic nitrogens is 1. The van der Waals surface area contributed by atoms with Crippen LogP contribution >= 0.6 is 22.9 Å². The zero-order valence-electron chi connectivity index (χ0n) is 10.5. The molecule has 1 heterocycles. The van der Waals surface area contributed by atoms with Crippen LogP contribution in [-0.4, -0.2) is 16.9 Å². The van der Waals surface area contributed by atoms with E-state index in [1.54, 1.807) is 11.3 Å². The van der Waals surface area contributed by atoms with Crippen LogP contribution in [0, 0.1) is 6.92 Å². The molecule has 0 amide bonds. The van der Waals surface area contributed by atoms with Crippen molar-refractivity contribution in [3.05, 3.63) is 44.9 Å². The Bertz CT molecular complexity index is 539. The molecule has 0 radical (unpaired) electrons. The molecule has 96 valence electrons. The Morgan fingerprint density at radius 3 is 2.78 bits per heavy atom.